The van der Waals surface area contributed by atoms with Crippen molar-refractivity contribution in [3.63, 3.8) is 0 Å². The number of amides is 1. The molecule has 1 amide bonds. The molecule has 0 fully saturated rings. The number of hydrogen-bond donors (Lipinski definition) is 1. The molecule has 1 aliphatic rings. The van der Waals surface area contributed by atoms with Crippen molar-refractivity contribution in [2.24, 2.45) is 0 Å². The molecule has 0 saturated carbocycles. The van der Waals surface area contributed by atoms with Crippen molar-refractivity contribution in [1.29, 1.82) is 0 Å². The highest BCUT2D eigenvalue weighted by Crippen LogP contribution is 2.38. The number of carbonyl (C=O) groups excluding carboxylic acids is 2. The Labute approximate surface area is 200 Å². The molecule has 33 heavy (non-hydrogen) atoms. The van der Waals surface area contributed by atoms with E-state index in [9.17, 15) is 9.59 Å². The fraction of sp³-hybridized carbons (Fsp3) is 0.391. The van der Waals surface area contributed by atoms with Gasteiger partial charge in [-0.1, -0.05) is 36.4 Å². The van der Waals surface area contributed by atoms with Gasteiger partial charge in [-0.2, -0.15) is 0 Å². The van der Waals surface area contributed by atoms with Gasteiger partial charge in [-0.3, -0.25) is 4.79 Å². The minimum absolute atomic E-state index is 0.0754. The van der Waals surface area contributed by atoms with Crippen LogP contribution in [0.15, 0.2) is 40.0 Å². The number of thiophene rings is 1. The molecule has 0 saturated heterocycles. The number of para-hydroxylation sites is 1. The third-order valence-corrected chi connectivity index (χ3v) is 7.06. The zero-order valence-electron chi connectivity index (χ0n) is 18.3. The Morgan fingerprint density at radius 3 is 2.79 bits per heavy atom. The minimum Gasteiger partial charge on any atom is -0.484 e. The number of hydrogen-bond acceptors (Lipinski definition) is 9. The lowest BCUT2D eigenvalue weighted by atomic mass is 10.1. The molecule has 0 aliphatic heterocycles. The predicted molar refractivity (Wildman–Crippen MR) is 126 cm³/mol. The minimum atomic E-state index is -0.375. The first kappa shape index (κ1) is 23.3. The molecule has 2 aromatic heterocycles. The Hall–Kier alpha value is -2.85. The predicted octanol–water partition coefficient (Wildman–Crippen LogP) is 4.89. The van der Waals surface area contributed by atoms with E-state index in [4.69, 9.17) is 13.9 Å². The maximum atomic E-state index is 12.6. The van der Waals surface area contributed by atoms with Crippen LogP contribution in [0.25, 0.3) is 0 Å². The molecule has 10 heteroatoms. The summed E-state index contributed by atoms with van der Waals surface area (Å²) in [5.41, 5.74) is 1.54. The molecule has 1 aromatic carbocycles. The molecular weight excluding hydrogens is 462 g/mol. The first-order valence-corrected chi connectivity index (χ1v) is 12.7. The van der Waals surface area contributed by atoms with E-state index in [0.717, 1.165) is 49.4 Å². The maximum Gasteiger partial charge on any atom is 0.341 e. The number of nitrogens with zero attached hydrogens (tertiary/aromatic N) is 2. The number of nitrogens with one attached hydrogen (secondary N) is 1. The second-order valence-electron chi connectivity index (χ2n) is 7.39. The van der Waals surface area contributed by atoms with Gasteiger partial charge in [-0.25, -0.2) is 4.79 Å². The van der Waals surface area contributed by atoms with E-state index in [-0.39, 0.29) is 29.5 Å². The fourth-order valence-corrected chi connectivity index (χ4v) is 5.43. The number of aromatic nitrogens is 2. The average molecular weight is 488 g/mol. The normalized spacial score (nSPS) is 13.1. The highest BCUT2D eigenvalue weighted by molar-refractivity contribution is 7.99. The third-order valence-electron chi connectivity index (χ3n) is 5.03. The van der Waals surface area contributed by atoms with Crippen molar-refractivity contribution < 1.29 is 23.5 Å². The molecular formula is C23H25N3O5S2. The Balaban J connectivity index is 1.35. The van der Waals surface area contributed by atoms with Crippen molar-refractivity contribution in [2.75, 3.05) is 17.7 Å². The second kappa shape index (κ2) is 11.3. The Morgan fingerprint density at radius 2 is 1.97 bits per heavy atom. The van der Waals surface area contributed by atoms with Gasteiger partial charge in [-0.05, 0) is 50.3 Å². The van der Waals surface area contributed by atoms with Crippen LogP contribution in [0.1, 0.15) is 52.9 Å². The van der Waals surface area contributed by atoms with Crippen LogP contribution in [0.5, 0.6) is 5.75 Å². The number of aryl methyl sites for hydroxylation is 1. The molecule has 4 rings (SSSR count). The van der Waals surface area contributed by atoms with Crippen LogP contribution in [-0.2, 0) is 29.0 Å². The Morgan fingerprint density at radius 1 is 1.15 bits per heavy atom. The number of esters is 1. The standard InChI is InChI=1S/C23H25N3O5S2/c1-2-29-22(28)20-16-11-7-4-8-12-17(16)33-21(20)24-18(27)14-32-23-26-25-19(31-23)13-30-15-9-5-3-6-10-15/h3,5-6,9-10H,2,4,7-8,11-14H2,1H3,(H,24,27). The maximum absolute atomic E-state index is 12.6. The monoisotopic (exact) mass is 487 g/mol. The van der Waals surface area contributed by atoms with Gasteiger partial charge in [0.25, 0.3) is 11.1 Å². The highest BCUT2D eigenvalue weighted by atomic mass is 32.2. The molecule has 0 atom stereocenters. The smallest absolute Gasteiger partial charge is 0.341 e. The number of thioether (sulfide) groups is 1. The molecule has 0 unspecified atom stereocenters. The Kier molecular flexibility index (Phi) is 8.01. The lowest BCUT2D eigenvalue weighted by molar-refractivity contribution is -0.113. The zero-order chi connectivity index (χ0) is 23.0. The number of anilines is 1. The van der Waals surface area contributed by atoms with Gasteiger partial charge >= 0.3 is 5.97 Å². The first-order chi connectivity index (χ1) is 16.1. The third kappa shape index (κ3) is 6.14. The van der Waals surface area contributed by atoms with Crippen LogP contribution in [0.2, 0.25) is 0 Å². The summed E-state index contributed by atoms with van der Waals surface area (Å²) in [6.45, 7) is 2.22. The van der Waals surface area contributed by atoms with Gasteiger partial charge in [0.05, 0.1) is 17.9 Å². The molecule has 174 valence electrons. The topological polar surface area (TPSA) is 104 Å². The quantitative estimate of drug-likeness (QED) is 0.259. The molecule has 3 aromatic rings. The van der Waals surface area contributed by atoms with Gasteiger partial charge in [0, 0.05) is 4.88 Å². The summed E-state index contributed by atoms with van der Waals surface area (Å²) >= 11 is 2.61. The lowest BCUT2D eigenvalue weighted by Gasteiger charge is -2.08. The van der Waals surface area contributed by atoms with Gasteiger partial charge in [-0.15, -0.1) is 21.5 Å². The van der Waals surface area contributed by atoms with E-state index in [1.54, 1.807) is 6.92 Å². The van der Waals surface area contributed by atoms with Gasteiger partial charge in [0.1, 0.15) is 10.8 Å². The summed E-state index contributed by atoms with van der Waals surface area (Å²) in [5, 5.41) is 11.6. The second-order valence-corrected chi connectivity index (χ2v) is 9.42. The number of rotatable bonds is 9. The van der Waals surface area contributed by atoms with Gasteiger partial charge in [0.15, 0.2) is 6.61 Å². The van der Waals surface area contributed by atoms with Crippen LogP contribution in [0.3, 0.4) is 0 Å². The number of fused-ring (bicyclic) bond motifs is 1. The summed E-state index contributed by atoms with van der Waals surface area (Å²) in [6.07, 6.45) is 5.02. The van der Waals surface area contributed by atoms with E-state index in [1.165, 1.54) is 16.2 Å². The molecule has 8 nitrogen and oxygen atoms in total. The van der Waals surface area contributed by atoms with Gasteiger partial charge in [0.2, 0.25) is 5.91 Å². The van der Waals surface area contributed by atoms with Crippen LogP contribution in [-0.4, -0.2) is 34.4 Å². The average Bonchev–Trinajstić information content (AvgIpc) is 3.34. The van der Waals surface area contributed by atoms with Crippen molar-refractivity contribution in [1.82, 2.24) is 10.2 Å². The van der Waals surface area contributed by atoms with Crippen LogP contribution in [0, 0.1) is 0 Å². The van der Waals surface area contributed by atoms with Gasteiger partial charge < -0.3 is 19.2 Å². The summed E-state index contributed by atoms with van der Waals surface area (Å²) < 4.78 is 16.4. The zero-order valence-corrected chi connectivity index (χ0v) is 19.9. The van der Waals surface area contributed by atoms with E-state index in [2.05, 4.69) is 15.5 Å². The summed E-state index contributed by atoms with van der Waals surface area (Å²) in [7, 11) is 0. The van der Waals surface area contributed by atoms with Crippen LogP contribution in [0.4, 0.5) is 5.00 Å². The summed E-state index contributed by atoms with van der Waals surface area (Å²) in [5.74, 6) is 0.484. The SMILES string of the molecule is CCOC(=O)c1c(NC(=O)CSc2nnc(COc3ccccc3)o2)sc2c1CCCCC2. The molecule has 0 spiro atoms. The molecule has 1 aliphatic carbocycles. The van der Waals surface area contributed by atoms with Crippen molar-refractivity contribution in [3.8, 4) is 5.75 Å². The van der Waals surface area contributed by atoms with E-state index < -0.39 is 0 Å². The molecule has 0 bridgehead atoms. The van der Waals surface area contributed by atoms with E-state index in [1.807, 2.05) is 30.3 Å². The fourth-order valence-electron chi connectivity index (χ4n) is 3.56. The highest BCUT2D eigenvalue weighted by Gasteiger charge is 2.26. The van der Waals surface area contributed by atoms with Crippen molar-refractivity contribution >= 4 is 40.0 Å². The van der Waals surface area contributed by atoms with Crippen LogP contribution >= 0.6 is 23.1 Å². The number of carbonyl (C=O) groups is 2. The van der Waals surface area contributed by atoms with Crippen LogP contribution < -0.4 is 10.1 Å². The first-order valence-electron chi connectivity index (χ1n) is 10.9. The lowest BCUT2D eigenvalue weighted by Crippen LogP contribution is -2.16. The molecule has 1 N–H and O–H groups in total. The molecule has 2 heterocycles. The number of benzene rings is 1. The summed E-state index contributed by atoms with van der Waals surface area (Å²) in [4.78, 5) is 26.4. The largest absolute Gasteiger partial charge is 0.484 e. The van der Waals surface area contributed by atoms with Crippen molar-refractivity contribution in [3.05, 3.63) is 52.2 Å². The molecule has 0 radical (unpaired) electrons. The summed E-state index contributed by atoms with van der Waals surface area (Å²) in [6, 6.07) is 9.34. The van der Waals surface area contributed by atoms with E-state index in [0.29, 0.717) is 28.8 Å². The number of ether oxygens (including phenoxy) is 2. The van der Waals surface area contributed by atoms with E-state index >= 15 is 0 Å². The Bertz CT molecular complexity index is 1100. The van der Waals surface area contributed by atoms with Crippen molar-refractivity contribution in [2.45, 2.75) is 50.9 Å².